The minimum absolute atomic E-state index is 0.0456. The number of rotatable bonds is 2. The SMILES string of the molecule is CNC(=S)N(C)N[C@@H]1OC[C@H](O)[C@@H](O)[C@H]1O. The van der Waals surface area contributed by atoms with Crippen LogP contribution in [-0.2, 0) is 4.74 Å². The monoisotopic (exact) mass is 251 g/mol. The van der Waals surface area contributed by atoms with E-state index in [4.69, 9.17) is 17.0 Å². The van der Waals surface area contributed by atoms with Crippen molar-refractivity contribution in [1.29, 1.82) is 0 Å². The molecule has 0 bridgehead atoms. The number of nitrogens with zero attached hydrogens (tertiary/aromatic N) is 1. The summed E-state index contributed by atoms with van der Waals surface area (Å²) in [7, 11) is 3.31. The molecule has 1 aliphatic rings. The summed E-state index contributed by atoms with van der Waals surface area (Å²) in [4.78, 5) is 0. The second-order valence-electron chi connectivity index (χ2n) is 3.55. The van der Waals surface area contributed by atoms with Crippen LogP contribution in [0, 0.1) is 0 Å². The molecule has 1 fully saturated rings. The molecular formula is C8H17N3O4S. The van der Waals surface area contributed by atoms with Crippen molar-refractivity contribution in [2.45, 2.75) is 24.5 Å². The molecule has 94 valence electrons. The van der Waals surface area contributed by atoms with Crippen LogP contribution in [0.3, 0.4) is 0 Å². The molecule has 5 N–H and O–H groups in total. The Kier molecular flexibility index (Phi) is 4.84. The second-order valence-corrected chi connectivity index (χ2v) is 3.93. The Hall–Kier alpha value is -0.510. The summed E-state index contributed by atoms with van der Waals surface area (Å²) < 4.78 is 5.14. The average molecular weight is 251 g/mol. The number of nitrogens with one attached hydrogen (secondary N) is 2. The largest absolute Gasteiger partial charge is 0.388 e. The third-order valence-electron chi connectivity index (χ3n) is 2.34. The summed E-state index contributed by atoms with van der Waals surface area (Å²) in [6.45, 7) is -0.0456. The fourth-order valence-electron chi connectivity index (χ4n) is 1.34. The third kappa shape index (κ3) is 3.00. The number of hydrogen-bond acceptors (Lipinski definition) is 6. The predicted octanol–water partition coefficient (Wildman–Crippen LogP) is -2.63. The fraction of sp³-hybridized carbons (Fsp3) is 0.875. The first-order valence-corrected chi connectivity index (χ1v) is 5.25. The predicted molar refractivity (Wildman–Crippen MR) is 60.3 cm³/mol. The van der Waals surface area contributed by atoms with E-state index in [1.807, 2.05) is 0 Å². The van der Waals surface area contributed by atoms with Gasteiger partial charge in [-0.2, -0.15) is 0 Å². The van der Waals surface area contributed by atoms with Gasteiger partial charge in [0.25, 0.3) is 0 Å². The Balaban J connectivity index is 2.51. The van der Waals surface area contributed by atoms with Crippen LogP contribution in [0.1, 0.15) is 0 Å². The lowest BCUT2D eigenvalue weighted by molar-refractivity contribution is -0.203. The lowest BCUT2D eigenvalue weighted by Gasteiger charge is -2.37. The van der Waals surface area contributed by atoms with E-state index in [9.17, 15) is 15.3 Å². The summed E-state index contributed by atoms with van der Waals surface area (Å²) in [6, 6.07) is 0. The van der Waals surface area contributed by atoms with Crippen molar-refractivity contribution in [3.8, 4) is 0 Å². The molecule has 16 heavy (non-hydrogen) atoms. The zero-order valence-electron chi connectivity index (χ0n) is 9.12. The van der Waals surface area contributed by atoms with Gasteiger partial charge in [0.15, 0.2) is 11.3 Å². The maximum absolute atomic E-state index is 9.62. The summed E-state index contributed by atoms with van der Waals surface area (Å²) in [5, 5.41) is 32.9. The first-order valence-electron chi connectivity index (χ1n) is 4.84. The molecule has 4 atom stereocenters. The number of hydrogen-bond donors (Lipinski definition) is 5. The van der Waals surface area contributed by atoms with Gasteiger partial charge in [0, 0.05) is 14.1 Å². The van der Waals surface area contributed by atoms with E-state index >= 15 is 0 Å². The average Bonchev–Trinajstić information content (AvgIpc) is 2.28. The maximum atomic E-state index is 9.62. The Bertz CT molecular complexity index is 255. The summed E-state index contributed by atoms with van der Waals surface area (Å²) in [5.41, 5.74) is 2.76. The lowest BCUT2D eigenvalue weighted by Crippen LogP contribution is -2.62. The van der Waals surface area contributed by atoms with Gasteiger partial charge in [-0.25, -0.2) is 5.43 Å². The van der Waals surface area contributed by atoms with Crippen LogP contribution in [0.15, 0.2) is 0 Å². The highest BCUT2D eigenvalue weighted by Gasteiger charge is 2.38. The molecular weight excluding hydrogens is 234 g/mol. The number of hydrazine groups is 1. The Morgan fingerprint density at radius 1 is 1.38 bits per heavy atom. The number of aliphatic hydroxyl groups excluding tert-OH is 3. The van der Waals surface area contributed by atoms with Crippen LogP contribution in [0.5, 0.6) is 0 Å². The Labute approximate surface area is 99.0 Å². The molecule has 0 saturated carbocycles. The van der Waals surface area contributed by atoms with Gasteiger partial charge in [-0.1, -0.05) is 0 Å². The molecule has 1 heterocycles. The van der Waals surface area contributed by atoms with Crippen molar-refractivity contribution < 1.29 is 20.1 Å². The van der Waals surface area contributed by atoms with E-state index in [0.717, 1.165) is 0 Å². The molecule has 1 saturated heterocycles. The fourth-order valence-corrected chi connectivity index (χ4v) is 1.39. The molecule has 0 spiro atoms. The smallest absolute Gasteiger partial charge is 0.183 e. The highest BCUT2D eigenvalue weighted by atomic mass is 32.1. The van der Waals surface area contributed by atoms with Gasteiger partial charge in [-0.15, -0.1) is 0 Å². The van der Waals surface area contributed by atoms with Crippen molar-refractivity contribution in [1.82, 2.24) is 15.8 Å². The summed E-state index contributed by atoms with van der Waals surface area (Å²) in [5.74, 6) is 0. The van der Waals surface area contributed by atoms with Gasteiger partial charge in [0.1, 0.15) is 18.3 Å². The van der Waals surface area contributed by atoms with E-state index in [1.165, 1.54) is 5.01 Å². The topological polar surface area (TPSA) is 97.2 Å². The zero-order chi connectivity index (χ0) is 12.3. The highest BCUT2D eigenvalue weighted by Crippen LogP contribution is 2.13. The molecule has 0 unspecified atom stereocenters. The zero-order valence-corrected chi connectivity index (χ0v) is 9.94. The molecule has 0 radical (unpaired) electrons. The van der Waals surface area contributed by atoms with Crippen LogP contribution in [0.4, 0.5) is 0 Å². The molecule has 0 aromatic heterocycles. The van der Waals surface area contributed by atoms with Crippen LogP contribution in [0.25, 0.3) is 0 Å². The van der Waals surface area contributed by atoms with E-state index in [1.54, 1.807) is 14.1 Å². The Morgan fingerprint density at radius 3 is 2.56 bits per heavy atom. The second kappa shape index (κ2) is 5.71. The maximum Gasteiger partial charge on any atom is 0.183 e. The van der Waals surface area contributed by atoms with Crippen molar-refractivity contribution >= 4 is 17.3 Å². The van der Waals surface area contributed by atoms with Gasteiger partial charge in [-0.3, -0.25) is 5.01 Å². The van der Waals surface area contributed by atoms with E-state index in [0.29, 0.717) is 5.11 Å². The van der Waals surface area contributed by atoms with Gasteiger partial charge in [0.2, 0.25) is 0 Å². The number of aliphatic hydroxyl groups is 3. The highest BCUT2D eigenvalue weighted by molar-refractivity contribution is 7.80. The molecule has 0 aliphatic carbocycles. The third-order valence-corrected chi connectivity index (χ3v) is 2.82. The number of thiocarbonyl (C=S) groups is 1. The van der Waals surface area contributed by atoms with Crippen molar-refractivity contribution in [3.05, 3.63) is 0 Å². The lowest BCUT2D eigenvalue weighted by atomic mass is 10.0. The summed E-state index contributed by atoms with van der Waals surface area (Å²) >= 11 is 4.94. The van der Waals surface area contributed by atoms with E-state index in [2.05, 4.69) is 10.7 Å². The standard InChI is InChI=1S/C8H17N3O4S/c1-9-8(16)11(2)10-7-6(14)5(13)4(12)3-15-7/h4-7,10,12-14H,3H2,1-2H3,(H,9,16)/t4-,5+,6+,7+/m0/s1. The van der Waals surface area contributed by atoms with Gasteiger partial charge in [0.05, 0.1) is 6.61 Å². The van der Waals surface area contributed by atoms with Gasteiger partial charge >= 0.3 is 0 Å². The molecule has 0 aromatic carbocycles. The van der Waals surface area contributed by atoms with Crippen LogP contribution in [0.2, 0.25) is 0 Å². The van der Waals surface area contributed by atoms with E-state index in [-0.39, 0.29) is 6.61 Å². The quantitative estimate of drug-likeness (QED) is 0.269. The molecule has 0 aromatic rings. The van der Waals surface area contributed by atoms with Crippen molar-refractivity contribution in [3.63, 3.8) is 0 Å². The minimum atomic E-state index is -1.23. The molecule has 8 heteroatoms. The van der Waals surface area contributed by atoms with Gasteiger partial charge < -0.3 is 25.4 Å². The van der Waals surface area contributed by atoms with Crippen LogP contribution < -0.4 is 10.7 Å². The number of ether oxygens (including phenoxy) is 1. The first-order chi connectivity index (χ1) is 7.47. The first kappa shape index (κ1) is 13.6. The van der Waals surface area contributed by atoms with Crippen molar-refractivity contribution in [2.75, 3.05) is 20.7 Å². The van der Waals surface area contributed by atoms with Gasteiger partial charge in [-0.05, 0) is 12.2 Å². The molecule has 0 amide bonds. The van der Waals surface area contributed by atoms with Crippen molar-refractivity contribution in [2.24, 2.45) is 0 Å². The van der Waals surface area contributed by atoms with Crippen LogP contribution >= 0.6 is 12.2 Å². The minimum Gasteiger partial charge on any atom is -0.388 e. The molecule has 1 aliphatic heterocycles. The Morgan fingerprint density at radius 2 is 2.00 bits per heavy atom. The van der Waals surface area contributed by atoms with E-state index < -0.39 is 24.5 Å². The normalized spacial score (nSPS) is 34.6. The molecule has 1 rings (SSSR count). The summed E-state index contributed by atoms with van der Waals surface area (Å²) in [6.07, 6.45) is -4.34. The molecule has 7 nitrogen and oxygen atoms in total. The van der Waals surface area contributed by atoms with Crippen LogP contribution in [-0.4, -0.2) is 70.7 Å².